The fraction of sp³-hybridized carbons (Fsp3) is 0.364. The van der Waals surface area contributed by atoms with Crippen molar-refractivity contribution in [1.29, 1.82) is 0 Å². The lowest BCUT2D eigenvalue weighted by atomic mass is 9.72. The number of hydrogen-bond acceptors (Lipinski definition) is 6. The third kappa shape index (κ3) is 3.09. The molecule has 0 saturated carbocycles. The van der Waals surface area contributed by atoms with Gasteiger partial charge in [-0.2, -0.15) is 0 Å². The van der Waals surface area contributed by atoms with E-state index in [4.69, 9.17) is 9.47 Å². The summed E-state index contributed by atoms with van der Waals surface area (Å²) in [6.45, 7) is 1.41. The van der Waals surface area contributed by atoms with Crippen molar-refractivity contribution in [2.45, 2.75) is 18.2 Å². The summed E-state index contributed by atoms with van der Waals surface area (Å²) >= 11 is 0. The van der Waals surface area contributed by atoms with Gasteiger partial charge in [0.15, 0.2) is 17.2 Å². The van der Waals surface area contributed by atoms with E-state index in [9.17, 15) is 15.0 Å². The molecule has 19 heavy (non-hydrogen) atoms. The second kappa shape index (κ2) is 4.56. The maximum Gasteiger partial charge on any atom is 0.231 e. The Morgan fingerprint density at radius 3 is 2.58 bits per heavy atom. The number of hydrogen-bond donors (Lipinski definition) is 3. The molecule has 6 nitrogen and oxygen atoms in total. The van der Waals surface area contributed by atoms with E-state index >= 15 is 0 Å². The van der Waals surface area contributed by atoms with E-state index in [1.165, 1.54) is 34.7 Å². The molecule has 0 saturated heterocycles. The lowest BCUT2D eigenvalue weighted by molar-refractivity contribution is -0.00834. The molecule has 0 aliphatic carbocycles. The highest BCUT2D eigenvalue weighted by molar-refractivity contribution is 6.38. The van der Waals surface area contributed by atoms with E-state index in [0.29, 0.717) is 11.5 Å². The average molecular weight is 263 g/mol. The van der Waals surface area contributed by atoms with E-state index in [1.54, 1.807) is 6.07 Å². The average Bonchev–Trinajstić information content (AvgIpc) is 2.71. The summed E-state index contributed by atoms with van der Waals surface area (Å²) in [6.07, 6.45) is 0. The molecule has 1 aromatic carbocycles. The van der Waals surface area contributed by atoms with Gasteiger partial charge in [-0.3, -0.25) is 10.1 Å². The molecule has 8 heteroatoms. The summed E-state index contributed by atoms with van der Waals surface area (Å²) in [5, 5.41) is 22.2. The van der Waals surface area contributed by atoms with E-state index in [-0.39, 0.29) is 12.4 Å². The Morgan fingerprint density at radius 1 is 1.32 bits per heavy atom. The zero-order valence-electron chi connectivity index (χ0n) is 11.1. The molecule has 1 heterocycles. The Bertz CT molecular complexity index is 512. The topological polar surface area (TPSA) is 88.0 Å². The number of rotatable bonds is 4. The third-order valence-corrected chi connectivity index (χ3v) is 2.63. The summed E-state index contributed by atoms with van der Waals surface area (Å²) in [7, 11) is 2.88. The number of Topliss-reactive ketones (excluding diaryl/α,β-unsaturated/α-hetero) is 1. The Balaban J connectivity index is 2.24. The van der Waals surface area contributed by atoms with Crippen LogP contribution in [0.15, 0.2) is 18.2 Å². The van der Waals surface area contributed by atoms with Gasteiger partial charge in [0.05, 0.1) is 0 Å². The fourth-order valence-corrected chi connectivity index (χ4v) is 1.97. The number of aliphatic hydroxyl groups is 2. The van der Waals surface area contributed by atoms with Crippen LogP contribution in [0, 0.1) is 0 Å². The largest absolute Gasteiger partial charge is 0.454 e. The summed E-state index contributed by atoms with van der Waals surface area (Å²) in [5.74, 6) is 0.462. The first-order valence-corrected chi connectivity index (χ1v) is 5.87. The van der Waals surface area contributed by atoms with Gasteiger partial charge >= 0.3 is 0 Å². The summed E-state index contributed by atoms with van der Waals surface area (Å²) in [6, 6.07) is 4.65. The first kappa shape index (κ1) is 13.9. The van der Waals surface area contributed by atoms with Crippen LogP contribution < -0.4 is 14.8 Å². The van der Waals surface area contributed by atoms with E-state index in [0.717, 1.165) is 0 Å². The van der Waals surface area contributed by atoms with Crippen LogP contribution >= 0.6 is 0 Å². The number of ketones is 1. The maximum absolute atomic E-state index is 12.2. The van der Waals surface area contributed by atoms with Gasteiger partial charge in [-0.05, 0) is 25.1 Å². The van der Waals surface area contributed by atoms with Crippen molar-refractivity contribution in [3.63, 3.8) is 0 Å². The van der Waals surface area contributed by atoms with Gasteiger partial charge in [-0.1, -0.05) is 0 Å². The second-order valence-electron chi connectivity index (χ2n) is 5.15. The van der Waals surface area contributed by atoms with Gasteiger partial charge in [0, 0.05) is 11.1 Å². The van der Waals surface area contributed by atoms with Gasteiger partial charge in [0.2, 0.25) is 12.6 Å². The van der Waals surface area contributed by atoms with Crippen LogP contribution in [-0.2, 0) is 0 Å². The Morgan fingerprint density at radius 2 is 1.95 bits per heavy atom. The van der Waals surface area contributed by atoms with Crippen molar-refractivity contribution in [3.05, 3.63) is 23.8 Å². The van der Waals surface area contributed by atoms with Gasteiger partial charge in [0.25, 0.3) is 0 Å². The molecule has 1 aliphatic rings. The monoisotopic (exact) mass is 263 g/mol. The predicted molar refractivity (Wildman–Crippen MR) is 72.7 cm³/mol. The molecule has 1 aromatic rings. The van der Waals surface area contributed by atoms with Crippen LogP contribution in [-0.4, -0.2) is 49.7 Å². The molecule has 0 amide bonds. The SMILES string of the molecule is BC(B)(O)N[C@@](C)(O)C(=O)c1ccc2c(c1)OCO2. The lowest BCUT2D eigenvalue weighted by Gasteiger charge is -2.31. The van der Waals surface area contributed by atoms with E-state index in [1.807, 2.05) is 0 Å². The normalized spacial score (nSPS) is 17.0. The van der Waals surface area contributed by atoms with Crippen LogP contribution in [0.3, 0.4) is 0 Å². The molecule has 0 spiro atoms. The third-order valence-electron chi connectivity index (χ3n) is 2.63. The summed E-state index contributed by atoms with van der Waals surface area (Å²) < 4.78 is 10.3. The predicted octanol–water partition coefficient (Wildman–Crippen LogP) is -2.23. The van der Waals surface area contributed by atoms with Crippen LogP contribution in [0.5, 0.6) is 11.5 Å². The van der Waals surface area contributed by atoms with Crippen molar-refractivity contribution < 1.29 is 24.5 Å². The minimum Gasteiger partial charge on any atom is -0.454 e. The van der Waals surface area contributed by atoms with Gasteiger partial charge in [-0.15, -0.1) is 0 Å². The Hall–Kier alpha value is -1.50. The number of ether oxygens (including phenoxy) is 2. The number of benzene rings is 1. The number of carbonyl (C=O) groups excluding carboxylic acids is 1. The van der Waals surface area contributed by atoms with E-state index in [2.05, 4.69) is 5.32 Å². The molecule has 0 bridgehead atoms. The number of carbonyl (C=O) groups is 1. The van der Waals surface area contributed by atoms with Crippen LogP contribution in [0.4, 0.5) is 0 Å². The number of nitrogens with one attached hydrogen (secondary N) is 1. The lowest BCUT2D eigenvalue weighted by Crippen LogP contribution is -2.61. The standard InChI is InChI=1S/C11H15B2NO5/c1-10(16,14-11(12,13)17)9(15)6-2-3-7-8(4-6)19-5-18-7/h2-4,14,16-17H,5,12-13H2,1H3/t10-/m0/s1. The number of fused-ring (bicyclic) bond motifs is 1. The molecule has 3 N–H and O–H groups in total. The van der Waals surface area contributed by atoms with Crippen molar-refractivity contribution in [2.24, 2.45) is 0 Å². The molecular formula is C11H15B2NO5. The highest BCUT2D eigenvalue weighted by Gasteiger charge is 2.35. The molecular weight excluding hydrogens is 248 g/mol. The van der Waals surface area contributed by atoms with Crippen molar-refractivity contribution >= 4 is 21.5 Å². The molecule has 100 valence electrons. The minimum absolute atomic E-state index is 0.116. The molecule has 0 radical (unpaired) electrons. The minimum atomic E-state index is -1.88. The fourth-order valence-electron chi connectivity index (χ4n) is 1.97. The maximum atomic E-state index is 12.2. The first-order chi connectivity index (χ1) is 8.69. The molecule has 1 aliphatic heterocycles. The van der Waals surface area contributed by atoms with Crippen LogP contribution in [0.25, 0.3) is 0 Å². The zero-order chi connectivity index (χ0) is 14.3. The van der Waals surface area contributed by atoms with Crippen LogP contribution in [0.2, 0.25) is 0 Å². The van der Waals surface area contributed by atoms with Crippen molar-refractivity contribution in [1.82, 2.24) is 5.32 Å². The van der Waals surface area contributed by atoms with Gasteiger partial charge < -0.3 is 19.7 Å². The Kier molecular flexibility index (Phi) is 3.34. The molecule has 0 unspecified atom stereocenters. The quantitative estimate of drug-likeness (QED) is 0.323. The van der Waals surface area contributed by atoms with Gasteiger partial charge in [-0.25, -0.2) is 0 Å². The molecule has 2 rings (SSSR count). The highest BCUT2D eigenvalue weighted by Crippen LogP contribution is 2.33. The molecule has 1 atom stereocenters. The van der Waals surface area contributed by atoms with Crippen LogP contribution in [0.1, 0.15) is 17.3 Å². The van der Waals surface area contributed by atoms with Crippen molar-refractivity contribution in [3.8, 4) is 11.5 Å². The second-order valence-corrected chi connectivity index (χ2v) is 5.15. The Labute approximate surface area is 112 Å². The smallest absolute Gasteiger partial charge is 0.231 e. The summed E-state index contributed by atoms with van der Waals surface area (Å²) in [5.41, 5.74) is -2.99. The van der Waals surface area contributed by atoms with Gasteiger partial charge in [0.1, 0.15) is 15.7 Å². The molecule has 0 aromatic heterocycles. The first-order valence-electron chi connectivity index (χ1n) is 5.87. The van der Waals surface area contributed by atoms with Crippen molar-refractivity contribution in [2.75, 3.05) is 6.79 Å². The molecule has 0 fully saturated rings. The zero-order valence-corrected chi connectivity index (χ0v) is 11.1. The van der Waals surface area contributed by atoms with E-state index < -0.39 is 17.0 Å². The highest BCUT2D eigenvalue weighted by atomic mass is 16.7. The summed E-state index contributed by atoms with van der Waals surface area (Å²) in [4.78, 5) is 12.2.